The van der Waals surface area contributed by atoms with Crippen LogP contribution in [-0.4, -0.2) is 5.91 Å². The second kappa shape index (κ2) is 5.71. The predicted molar refractivity (Wildman–Crippen MR) is 74.6 cm³/mol. The Morgan fingerprint density at radius 3 is 2.53 bits per heavy atom. The van der Waals surface area contributed by atoms with E-state index in [1.54, 1.807) is 24.3 Å². The maximum absolute atomic E-state index is 13.1. The van der Waals surface area contributed by atoms with Crippen LogP contribution in [0.3, 0.4) is 0 Å². The van der Waals surface area contributed by atoms with E-state index in [4.69, 9.17) is 17.3 Å². The lowest BCUT2D eigenvalue weighted by Crippen LogP contribution is -2.14. The second-order valence-electron chi connectivity index (χ2n) is 4.12. The van der Waals surface area contributed by atoms with Gasteiger partial charge in [0.2, 0.25) is 5.91 Å². The quantitative estimate of drug-likeness (QED) is 0.847. The molecule has 0 spiro atoms. The van der Waals surface area contributed by atoms with Crippen molar-refractivity contribution < 1.29 is 9.18 Å². The van der Waals surface area contributed by atoms with Crippen LogP contribution in [0.1, 0.15) is 5.56 Å². The van der Waals surface area contributed by atoms with Crippen molar-refractivity contribution in [2.75, 3.05) is 11.1 Å². The fourth-order valence-corrected chi connectivity index (χ4v) is 1.87. The normalized spacial score (nSPS) is 10.2. The van der Waals surface area contributed by atoms with Gasteiger partial charge in [-0.2, -0.15) is 0 Å². The molecule has 2 aromatic rings. The third kappa shape index (κ3) is 3.96. The van der Waals surface area contributed by atoms with Gasteiger partial charge < -0.3 is 11.1 Å². The monoisotopic (exact) mass is 278 g/mol. The van der Waals surface area contributed by atoms with Crippen LogP contribution in [0.5, 0.6) is 0 Å². The van der Waals surface area contributed by atoms with E-state index in [0.29, 0.717) is 11.4 Å². The van der Waals surface area contributed by atoms with Gasteiger partial charge in [-0.25, -0.2) is 4.39 Å². The standard InChI is InChI=1S/C14H12ClFN2O/c15-10-6-11(16)8-13(7-10)18-14(19)5-9-1-3-12(17)4-2-9/h1-4,6-8H,5,17H2,(H,18,19). The SMILES string of the molecule is Nc1ccc(CC(=O)Nc2cc(F)cc(Cl)c2)cc1. The van der Waals surface area contributed by atoms with E-state index < -0.39 is 5.82 Å². The number of rotatable bonds is 3. The molecule has 0 atom stereocenters. The number of hydrogen-bond donors (Lipinski definition) is 2. The molecule has 0 saturated heterocycles. The number of halogens is 2. The van der Waals surface area contributed by atoms with Gasteiger partial charge in [0.15, 0.2) is 0 Å². The van der Waals surface area contributed by atoms with E-state index in [1.807, 2.05) is 0 Å². The summed E-state index contributed by atoms with van der Waals surface area (Å²) < 4.78 is 13.1. The Morgan fingerprint density at radius 2 is 1.89 bits per heavy atom. The Balaban J connectivity index is 2.03. The lowest BCUT2D eigenvalue weighted by atomic mass is 10.1. The van der Waals surface area contributed by atoms with Crippen molar-refractivity contribution >= 4 is 28.9 Å². The van der Waals surface area contributed by atoms with E-state index >= 15 is 0 Å². The predicted octanol–water partition coefficient (Wildman–Crippen LogP) is 3.24. The lowest BCUT2D eigenvalue weighted by molar-refractivity contribution is -0.115. The largest absolute Gasteiger partial charge is 0.399 e. The molecule has 0 aliphatic heterocycles. The molecule has 0 bridgehead atoms. The Hall–Kier alpha value is -2.07. The van der Waals surface area contributed by atoms with E-state index in [2.05, 4.69) is 5.32 Å². The summed E-state index contributed by atoms with van der Waals surface area (Å²) in [4.78, 5) is 11.8. The van der Waals surface area contributed by atoms with E-state index in [1.165, 1.54) is 18.2 Å². The van der Waals surface area contributed by atoms with E-state index in [-0.39, 0.29) is 17.4 Å². The van der Waals surface area contributed by atoms with Crippen molar-refractivity contribution in [3.05, 3.63) is 58.9 Å². The Morgan fingerprint density at radius 1 is 1.21 bits per heavy atom. The number of nitrogen functional groups attached to an aromatic ring is 1. The van der Waals surface area contributed by atoms with Crippen LogP contribution in [0.15, 0.2) is 42.5 Å². The number of anilines is 2. The fourth-order valence-electron chi connectivity index (χ4n) is 1.65. The highest BCUT2D eigenvalue weighted by atomic mass is 35.5. The number of nitrogens with one attached hydrogen (secondary N) is 1. The van der Waals surface area contributed by atoms with Gasteiger partial charge in [0.25, 0.3) is 0 Å². The van der Waals surface area contributed by atoms with Crippen molar-refractivity contribution in [3.63, 3.8) is 0 Å². The van der Waals surface area contributed by atoms with Crippen molar-refractivity contribution in [1.82, 2.24) is 0 Å². The molecule has 0 saturated carbocycles. The average Bonchev–Trinajstić information content (AvgIpc) is 2.30. The topological polar surface area (TPSA) is 55.1 Å². The number of benzene rings is 2. The van der Waals surface area contributed by atoms with Gasteiger partial charge in [-0.15, -0.1) is 0 Å². The number of carbonyl (C=O) groups excluding carboxylic acids is 1. The highest BCUT2D eigenvalue weighted by molar-refractivity contribution is 6.30. The van der Waals surface area contributed by atoms with Crippen LogP contribution in [0.2, 0.25) is 5.02 Å². The molecule has 19 heavy (non-hydrogen) atoms. The molecule has 3 nitrogen and oxygen atoms in total. The fraction of sp³-hybridized carbons (Fsp3) is 0.0714. The molecule has 0 fully saturated rings. The highest BCUT2D eigenvalue weighted by Gasteiger charge is 2.06. The summed E-state index contributed by atoms with van der Waals surface area (Å²) in [6.07, 6.45) is 0.189. The summed E-state index contributed by atoms with van der Waals surface area (Å²) in [6, 6.07) is 10.9. The molecule has 2 aromatic carbocycles. The first kappa shape index (κ1) is 13.4. The van der Waals surface area contributed by atoms with Gasteiger partial charge in [-0.3, -0.25) is 4.79 Å². The van der Waals surface area contributed by atoms with Crippen molar-refractivity contribution in [3.8, 4) is 0 Å². The number of carbonyl (C=O) groups is 1. The van der Waals surface area contributed by atoms with Crippen LogP contribution in [-0.2, 0) is 11.2 Å². The molecule has 98 valence electrons. The van der Waals surface area contributed by atoms with Crippen LogP contribution >= 0.6 is 11.6 Å². The summed E-state index contributed by atoms with van der Waals surface area (Å²) >= 11 is 5.71. The number of amides is 1. The zero-order valence-corrected chi connectivity index (χ0v) is 10.7. The van der Waals surface area contributed by atoms with Gasteiger partial charge in [-0.05, 0) is 35.9 Å². The Kier molecular flexibility index (Phi) is 4.02. The second-order valence-corrected chi connectivity index (χ2v) is 4.56. The van der Waals surface area contributed by atoms with Gasteiger partial charge >= 0.3 is 0 Å². The first-order valence-corrected chi connectivity index (χ1v) is 6.01. The van der Waals surface area contributed by atoms with Crippen molar-refractivity contribution in [1.29, 1.82) is 0 Å². The third-order valence-electron chi connectivity index (χ3n) is 2.49. The first-order chi connectivity index (χ1) is 9.02. The molecule has 3 N–H and O–H groups in total. The van der Waals surface area contributed by atoms with Gasteiger partial charge in [0.1, 0.15) is 5.82 Å². The van der Waals surface area contributed by atoms with Crippen molar-refractivity contribution in [2.24, 2.45) is 0 Å². The zero-order valence-electron chi connectivity index (χ0n) is 9.99. The minimum Gasteiger partial charge on any atom is -0.399 e. The average molecular weight is 279 g/mol. The van der Waals surface area contributed by atoms with Gasteiger partial charge in [-0.1, -0.05) is 23.7 Å². The Labute approximate surface area is 115 Å². The number of hydrogen-bond acceptors (Lipinski definition) is 2. The molecule has 0 radical (unpaired) electrons. The molecule has 2 rings (SSSR count). The number of nitrogens with two attached hydrogens (primary N) is 1. The molecule has 5 heteroatoms. The van der Waals surface area contributed by atoms with Crippen LogP contribution in [0, 0.1) is 5.82 Å². The lowest BCUT2D eigenvalue weighted by Gasteiger charge is -2.06. The summed E-state index contributed by atoms with van der Waals surface area (Å²) in [7, 11) is 0. The summed E-state index contributed by atoms with van der Waals surface area (Å²) in [5.41, 5.74) is 7.36. The van der Waals surface area contributed by atoms with E-state index in [0.717, 1.165) is 5.56 Å². The van der Waals surface area contributed by atoms with E-state index in [9.17, 15) is 9.18 Å². The minimum absolute atomic E-state index is 0.189. The molecule has 0 heterocycles. The zero-order chi connectivity index (χ0) is 13.8. The molecular weight excluding hydrogens is 267 g/mol. The summed E-state index contributed by atoms with van der Waals surface area (Å²) in [5.74, 6) is -0.735. The van der Waals surface area contributed by atoms with Crippen LogP contribution in [0.25, 0.3) is 0 Å². The maximum atomic E-state index is 13.1. The molecule has 1 amide bonds. The van der Waals surface area contributed by atoms with Crippen molar-refractivity contribution in [2.45, 2.75) is 6.42 Å². The summed E-state index contributed by atoms with van der Waals surface area (Å²) in [6.45, 7) is 0. The summed E-state index contributed by atoms with van der Waals surface area (Å²) in [5, 5.41) is 2.83. The van der Waals surface area contributed by atoms with Crippen LogP contribution < -0.4 is 11.1 Å². The molecule has 0 aromatic heterocycles. The smallest absolute Gasteiger partial charge is 0.228 e. The molecule has 0 aliphatic rings. The first-order valence-electron chi connectivity index (χ1n) is 5.63. The third-order valence-corrected chi connectivity index (χ3v) is 2.71. The van der Waals surface area contributed by atoms with Crippen LogP contribution in [0.4, 0.5) is 15.8 Å². The molecular formula is C14H12ClFN2O. The molecule has 0 aliphatic carbocycles. The Bertz CT molecular complexity index is 579. The minimum atomic E-state index is -0.490. The highest BCUT2D eigenvalue weighted by Crippen LogP contribution is 2.18. The van der Waals surface area contributed by atoms with Gasteiger partial charge in [0.05, 0.1) is 6.42 Å². The molecule has 0 unspecified atom stereocenters. The van der Waals surface area contributed by atoms with Gasteiger partial charge in [0, 0.05) is 16.4 Å². The maximum Gasteiger partial charge on any atom is 0.228 e.